The molecule has 1 aromatic rings. The molecule has 1 aromatic carbocycles. The quantitative estimate of drug-likeness (QED) is 0.808. The van der Waals surface area contributed by atoms with Crippen LogP contribution in [0, 0.1) is 13.8 Å². The predicted octanol–water partition coefficient (Wildman–Crippen LogP) is 1.89. The van der Waals surface area contributed by atoms with E-state index in [0.717, 1.165) is 29.7 Å². The van der Waals surface area contributed by atoms with Gasteiger partial charge >= 0.3 is 5.97 Å². The van der Waals surface area contributed by atoms with Gasteiger partial charge in [-0.3, -0.25) is 10.1 Å². The van der Waals surface area contributed by atoms with Gasteiger partial charge < -0.3 is 9.84 Å². The fourth-order valence-corrected chi connectivity index (χ4v) is 1.92. The summed E-state index contributed by atoms with van der Waals surface area (Å²) in [6.07, 6.45) is 2.13. The van der Waals surface area contributed by atoms with Gasteiger partial charge in [0.05, 0.1) is 0 Å². The van der Waals surface area contributed by atoms with Crippen LogP contribution in [0.25, 0.3) is 0 Å². The first-order chi connectivity index (χ1) is 8.54. The van der Waals surface area contributed by atoms with Crippen LogP contribution in [0.3, 0.4) is 0 Å². The molecule has 0 radical (unpaired) electrons. The zero-order valence-corrected chi connectivity index (χ0v) is 10.8. The topological polar surface area (TPSA) is 58.6 Å². The second-order valence-electron chi connectivity index (χ2n) is 4.97. The summed E-state index contributed by atoms with van der Waals surface area (Å²) in [7, 11) is 0. The highest BCUT2D eigenvalue weighted by atomic mass is 16.5. The van der Waals surface area contributed by atoms with Crippen molar-refractivity contribution < 1.29 is 14.6 Å². The number of benzene rings is 1. The van der Waals surface area contributed by atoms with E-state index in [1.165, 1.54) is 0 Å². The molecule has 4 heteroatoms. The molecule has 1 unspecified atom stereocenters. The number of nitrogens with one attached hydrogen (secondary N) is 1. The number of ether oxygens (including phenoxy) is 1. The minimum Gasteiger partial charge on any atom is -0.491 e. The van der Waals surface area contributed by atoms with Crippen molar-refractivity contribution in [3.63, 3.8) is 0 Å². The third kappa shape index (κ3) is 3.74. The summed E-state index contributed by atoms with van der Waals surface area (Å²) in [5, 5.41) is 12.2. The minimum atomic E-state index is -0.855. The monoisotopic (exact) mass is 249 g/mol. The number of carbonyl (C=O) groups is 1. The molecule has 0 heterocycles. The van der Waals surface area contributed by atoms with Crippen molar-refractivity contribution in [2.75, 3.05) is 6.61 Å². The highest BCUT2D eigenvalue weighted by molar-refractivity contribution is 5.73. The van der Waals surface area contributed by atoms with Crippen molar-refractivity contribution in [3.05, 3.63) is 29.3 Å². The maximum atomic E-state index is 11.1. The van der Waals surface area contributed by atoms with E-state index < -0.39 is 12.0 Å². The maximum absolute atomic E-state index is 11.1. The molecule has 1 aliphatic rings. The lowest BCUT2D eigenvalue weighted by atomic mass is 10.1. The third-order valence-corrected chi connectivity index (χ3v) is 2.92. The van der Waals surface area contributed by atoms with Gasteiger partial charge in [-0.05, 0) is 49.9 Å². The van der Waals surface area contributed by atoms with Crippen molar-refractivity contribution in [2.45, 2.75) is 38.8 Å². The van der Waals surface area contributed by atoms with Gasteiger partial charge in [0, 0.05) is 6.04 Å². The number of carboxylic acid groups (broad SMARTS) is 1. The second kappa shape index (κ2) is 5.40. The molecule has 0 saturated heterocycles. The normalized spacial score (nSPS) is 16.3. The fourth-order valence-electron chi connectivity index (χ4n) is 1.92. The Balaban J connectivity index is 1.93. The van der Waals surface area contributed by atoms with E-state index >= 15 is 0 Å². The largest absolute Gasteiger partial charge is 0.491 e. The molecule has 2 rings (SSSR count). The molecule has 98 valence electrons. The lowest BCUT2D eigenvalue weighted by Gasteiger charge is -2.15. The fraction of sp³-hybridized carbons (Fsp3) is 0.500. The maximum Gasteiger partial charge on any atom is 0.324 e. The molecule has 0 aromatic heterocycles. The van der Waals surface area contributed by atoms with Crippen LogP contribution in [-0.4, -0.2) is 29.8 Å². The molecule has 4 nitrogen and oxygen atoms in total. The van der Waals surface area contributed by atoms with E-state index in [1.807, 2.05) is 26.0 Å². The summed E-state index contributed by atoms with van der Waals surface area (Å²) in [5.41, 5.74) is 2.24. The van der Waals surface area contributed by atoms with E-state index in [4.69, 9.17) is 9.84 Å². The number of carboxylic acids is 1. The van der Waals surface area contributed by atoms with Crippen LogP contribution in [-0.2, 0) is 4.79 Å². The molecule has 0 bridgehead atoms. The van der Waals surface area contributed by atoms with Gasteiger partial charge in [-0.2, -0.15) is 0 Å². The van der Waals surface area contributed by atoms with Crippen LogP contribution in [0.5, 0.6) is 5.75 Å². The first-order valence-electron chi connectivity index (χ1n) is 6.24. The number of hydrogen-bond donors (Lipinski definition) is 2. The molecule has 1 aliphatic carbocycles. The smallest absolute Gasteiger partial charge is 0.324 e. The van der Waals surface area contributed by atoms with E-state index in [0.29, 0.717) is 6.04 Å². The first-order valence-corrected chi connectivity index (χ1v) is 6.24. The Hall–Kier alpha value is -1.55. The average Bonchev–Trinajstić information content (AvgIpc) is 3.06. The van der Waals surface area contributed by atoms with Gasteiger partial charge in [0.25, 0.3) is 0 Å². The van der Waals surface area contributed by atoms with E-state index in [9.17, 15) is 4.79 Å². The highest BCUT2D eigenvalue weighted by Crippen LogP contribution is 2.20. The molecular formula is C14H19NO3. The summed E-state index contributed by atoms with van der Waals surface area (Å²) >= 11 is 0. The Bertz CT molecular complexity index is 420. The molecule has 0 spiro atoms. The van der Waals surface area contributed by atoms with Gasteiger partial charge in [0.15, 0.2) is 0 Å². The van der Waals surface area contributed by atoms with Crippen LogP contribution in [0.2, 0.25) is 0 Å². The van der Waals surface area contributed by atoms with Gasteiger partial charge in [-0.1, -0.05) is 6.07 Å². The van der Waals surface area contributed by atoms with Crippen LogP contribution in [0.4, 0.5) is 0 Å². The van der Waals surface area contributed by atoms with Crippen molar-refractivity contribution in [2.24, 2.45) is 0 Å². The molecule has 1 saturated carbocycles. The third-order valence-electron chi connectivity index (χ3n) is 2.92. The second-order valence-corrected chi connectivity index (χ2v) is 4.97. The van der Waals surface area contributed by atoms with Crippen LogP contribution in [0.1, 0.15) is 24.0 Å². The predicted molar refractivity (Wildman–Crippen MR) is 69.0 cm³/mol. The Kier molecular flexibility index (Phi) is 3.87. The number of aryl methyl sites for hydroxylation is 2. The minimum absolute atomic E-state index is 0.161. The average molecular weight is 249 g/mol. The summed E-state index contributed by atoms with van der Waals surface area (Å²) < 4.78 is 5.58. The Morgan fingerprint density at radius 2 is 2.00 bits per heavy atom. The summed E-state index contributed by atoms with van der Waals surface area (Å²) in [6, 6.07) is 5.63. The van der Waals surface area contributed by atoms with Crippen molar-refractivity contribution >= 4 is 5.97 Å². The molecular weight excluding hydrogens is 230 g/mol. The van der Waals surface area contributed by atoms with Crippen molar-refractivity contribution in [1.29, 1.82) is 0 Å². The van der Waals surface area contributed by atoms with E-state index in [-0.39, 0.29) is 6.61 Å². The Labute approximate surface area is 107 Å². The van der Waals surface area contributed by atoms with Gasteiger partial charge in [-0.15, -0.1) is 0 Å². The van der Waals surface area contributed by atoms with Crippen molar-refractivity contribution in [3.8, 4) is 5.75 Å². The number of aliphatic carboxylic acids is 1. The molecule has 0 aliphatic heterocycles. The van der Waals surface area contributed by atoms with Gasteiger partial charge in [0.2, 0.25) is 0 Å². The first kappa shape index (κ1) is 12.9. The molecule has 1 fully saturated rings. The van der Waals surface area contributed by atoms with E-state index in [1.54, 1.807) is 0 Å². The SMILES string of the molecule is Cc1cc(C)cc(OCC(NC2CC2)C(=O)O)c1. The molecule has 1 atom stereocenters. The molecule has 2 N–H and O–H groups in total. The van der Waals surface area contributed by atoms with Gasteiger partial charge in [-0.25, -0.2) is 0 Å². The summed E-state index contributed by atoms with van der Waals surface area (Å²) in [6.45, 7) is 4.16. The standard InChI is InChI=1S/C14H19NO3/c1-9-5-10(2)7-12(6-9)18-8-13(14(16)17)15-11-3-4-11/h5-7,11,13,15H,3-4,8H2,1-2H3,(H,16,17). The number of hydrogen-bond acceptors (Lipinski definition) is 3. The lowest BCUT2D eigenvalue weighted by Crippen LogP contribution is -2.42. The van der Waals surface area contributed by atoms with Crippen LogP contribution in [0.15, 0.2) is 18.2 Å². The zero-order chi connectivity index (χ0) is 13.1. The highest BCUT2D eigenvalue weighted by Gasteiger charge is 2.28. The molecule has 18 heavy (non-hydrogen) atoms. The summed E-state index contributed by atoms with van der Waals surface area (Å²) in [5.74, 6) is -0.123. The van der Waals surface area contributed by atoms with Crippen LogP contribution >= 0.6 is 0 Å². The van der Waals surface area contributed by atoms with E-state index in [2.05, 4.69) is 11.4 Å². The van der Waals surface area contributed by atoms with Crippen LogP contribution < -0.4 is 10.1 Å². The van der Waals surface area contributed by atoms with Crippen molar-refractivity contribution in [1.82, 2.24) is 5.32 Å². The van der Waals surface area contributed by atoms with Gasteiger partial charge in [0.1, 0.15) is 18.4 Å². The zero-order valence-electron chi connectivity index (χ0n) is 10.8. The Morgan fingerprint density at radius 1 is 1.39 bits per heavy atom. The lowest BCUT2D eigenvalue weighted by molar-refractivity contribution is -0.140. The molecule has 0 amide bonds. The summed E-state index contributed by atoms with van der Waals surface area (Å²) in [4.78, 5) is 11.1. The number of rotatable bonds is 6. The Morgan fingerprint density at radius 3 is 2.50 bits per heavy atom.